The predicted molar refractivity (Wildman–Crippen MR) is 61.8 cm³/mol. The van der Waals surface area contributed by atoms with Gasteiger partial charge in [0.15, 0.2) is 6.29 Å². The van der Waals surface area contributed by atoms with Crippen LogP contribution in [0.3, 0.4) is 0 Å². The van der Waals surface area contributed by atoms with Crippen LogP contribution in [-0.2, 0) is 9.47 Å². The van der Waals surface area contributed by atoms with Crippen molar-refractivity contribution in [2.75, 3.05) is 19.8 Å². The van der Waals surface area contributed by atoms with Gasteiger partial charge in [0, 0.05) is 12.5 Å². The van der Waals surface area contributed by atoms with Gasteiger partial charge < -0.3 is 14.2 Å². The minimum absolute atomic E-state index is 0.0627. The highest BCUT2D eigenvalue weighted by atomic mass is 35.5. The highest BCUT2D eigenvalue weighted by Gasteiger charge is 2.13. The summed E-state index contributed by atoms with van der Waals surface area (Å²) in [6.45, 7) is 1.91. The van der Waals surface area contributed by atoms with Crippen LogP contribution in [0.4, 0.5) is 4.39 Å². The molecule has 1 aliphatic heterocycles. The summed E-state index contributed by atoms with van der Waals surface area (Å²) in [7, 11) is 0. The first-order valence-corrected chi connectivity index (χ1v) is 5.94. The Hall–Kier alpha value is -0.840. The number of rotatable bonds is 4. The first-order chi connectivity index (χ1) is 8.25. The standard InChI is InChI=1S/C12H14ClFO3/c13-10-8-9(2-3-11(10)14)15-7-4-12-16-5-1-6-17-12/h2-3,8,12H,1,4-7H2. The predicted octanol–water partition coefficient (Wildman–Crippen LogP) is 3.01. The second kappa shape index (κ2) is 6.19. The minimum Gasteiger partial charge on any atom is -0.493 e. The molecule has 0 unspecified atom stereocenters. The molecule has 94 valence electrons. The molecule has 0 aliphatic carbocycles. The van der Waals surface area contributed by atoms with Crippen LogP contribution in [0.1, 0.15) is 12.8 Å². The van der Waals surface area contributed by atoms with Gasteiger partial charge in [0.05, 0.1) is 24.8 Å². The van der Waals surface area contributed by atoms with Crippen LogP contribution >= 0.6 is 11.6 Å². The van der Waals surface area contributed by atoms with Crippen LogP contribution in [0.15, 0.2) is 18.2 Å². The summed E-state index contributed by atoms with van der Waals surface area (Å²) >= 11 is 5.64. The molecule has 3 nitrogen and oxygen atoms in total. The molecule has 0 radical (unpaired) electrons. The van der Waals surface area contributed by atoms with E-state index in [1.165, 1.54) is 12.1 Å². The molecule has 2 rings (SSSR count). The van der Waals surface area contributed by atoms with Gasteiger partial charge >= 0.3 is 0 Å². The Bertz CT molecular complexity index is 367. The molecule has 0 amide bonds. The fraction of sp³-hybridized carbons (Fsp3) is 0.500. The first kappa shape index (κ1) is 12.6. The van der Waals surface area contributed by atoms with Gasteiger partial charge in [-0.2, -0.15) is 0 Å². The van der Waals surface area contributed by atoms with Gasteiger partial charge in [0.1, 0.15) is 11.6 Å². The van der Waals surface area contributed by atoms with Crippen molar-refractivity contribution in [2.45, 2.75) is 19.1 Å². The highest BCUT2D eigenvalue weighted by Crippen LogP contribution is 2.21. The molecule has 0 bridgehead atoms. The summed E-state index contributed by atoms with van der Waals surface area (Å²) in [6.07, 6.45) is 1.39. The fourth-order valence-corrected chi connectivity index (χ4v) is 1.71. The van der Waals surface area contributed by atoms with E-state index in [-0.39, 0.29) is 11.3 Å². The molecule has 5 heteroatoms. The Balaban J connectivity index is 1.75. The molecule has 1 heterocycles. The van der Waals surface area contributed by atoms with E-state index >= 15 is 0 Å². The van der Waals surface area contributed by atoms with Crippen molar-refractivity contribution in [2.24, 2.45) is 0 Å². The topological polar surface area (TPSA) is 27.7 Å². The van der Waals surface area contributed by atoms with Crippen LogP contribution in [0.25, 0.3) is 0 Å². The molecular formula is C12H14ClFO3. The lowest BCUT2D eigenvalue weighted by atomic mass is 10.3. The van der Waals surface area contributed by atoms with Crippen molar-refractivity contribution >= 4 is 11.6 Å². The zero-order valence-corrected chi connectivity index (χ0v) is 10.1. The van der Waals surface area contributed by atoms with Crippen molar-refractivity contribution in [1.29, 1.82) is 0 Å². The lowest BCUT2D eigenvalue weighted by Crippen LogP contribution is -2.26. The Labute approximate surface area is 104 Å². The summed E-state index contributed by atoms with van der Waals surface area (Å²) in [5.74, 6) is 0.102. The van der Waals surface area contributed by atoms with Gasteiger partial charge in [0.25, 0.3) is 0 Å². The molecule has 1 saturated heterocycles. The number of ether oxygens (including phenoxy) is 3. The Kier molecular flexibility index (Phi) is 4.59. The van der Waals surface area contributed by atoms with E-state index in [1.54, 1.807) is 6.07 Å². The van der Waals surface area contributed by atoms with Crippen LogP contribution in [-0.4, -0.2) is 26.1 Å². The monoisotopic (exact) mass is 260 g/mol. The van der Waals surface area contributed by atoms with Crippen molar-refractivity contribution < 1.29 is 18.6 Å². The second-order valence-electron chi connectivity index (χ2n) is 3.74. The first-order valence-electron chi connectivity index (χ1n) is 5.57. The van der Waals surface area contributed by atoms with Gasteiger partial charge in [-0.25, -0.2) is 4.39 Å². The van der Waals surface area contributed by atoms with E-state index in [4.69, 9.17) is 25.8 Å². The SMILES string of the molecule is Fc1ccc(OCCC2OCCCO2)cc1Cl. The number of halogens is 2. The quantitative estimate of drug-likeness (QED) is 0.833. The van der Waals surface area contributed by atoms with E-state index in [2.05, 4.69) is 0 Å². The van der Waals surface area contributed by atoms with Crippen LogP contribution in [0, 0.1) is 5.82 Å². The average Bonchev–Trinajstić information content (AvgIpc) is 2.35. The Morgan fingerprint density at radius 3 is 2.82 bits per heavy atom. The largest absolute Gasteiger partial charge is 0.493 e. The van der Waals surface area contributed by atoms with Gasteiger partial charge in [-0.1, -0.05) is 11.6 Å². The van der Waals surface area contributed by atoms with Crippen LogP contribution < -0.4 is 4.74 Å². The molecule has 1 fully saturated rings. The van der Waals surface area contributed by atoms with Crippen LogP contribution in [0.2, 0.25) is 5.02 Å². The third-order valence-corrected chi connectivity index (χ3v) is 2.70. The van der Waals surface area contributed by atoms with Gasteiger partial charge in [-0.3, -0.25) is 0 Å². The number of hydrogen-bond donors (Lipinski definition) is 0. The van der Waals surface area contributed by atoms with E-state index in [9.17, 15) is 4.39 Å². The van der Waals surface area contributed by atoms with Crippen molar-refractivity contribution in [1.82, 2.24) is 0 Å². The van der Waals surface area contributed by atoms with Gasteiger partial charge in [-0.15, -0.1) is 0 Å². The van der Waals surface area contributed by atoms with E-state index in [0.717, 1.165) is 19.6 Å². The third-order valence-electron chi connectivity index (χ3n) is 2.41. The van der Waals surface area contributed by atoms with E-state index in [0.29, 0.717) is 18.8 Å². The van der Waals surface area contributed by atoms with Crippen LogP contribution in [0.5, 0.6) is 5.75 Å². The molecule has 0 atom stereocenters. The molecule has 1 aromatic rings. The normalized spacial score (nSPS) is 17.1. The smallest absolute Gasteiger partial charge is 0.160 e. The zero-order chi connectivity index (χ0) is 12.1. The zero-order valence-electron chi connectivity index (χ0n) is 9.33. The van der Waals surface area contributed by atoms with E-state index in [1.807, 2.05) is 0 Å². The van der Waals surface area contributed by atoms with Crippen molar-refractivity contribution in [3.63, 3.8) is 0 Å². The number of hydrogen-bond acceptors (Lipinski definition) is 3. The lowest BCUT2D eigenvalue weighted by molar-refractivity contribution is -0.183. The maximum Gasteiger partial charge on any atom is 0.160 e. The molecular weight excluding hydrogens is 247 g/mol. The summed E-state index contributed by atoms with van der Waals surface area (Å²) in [6, 6.07) is 4.29. The van der Waals surface area contributed by atoms with Gasteiger partial charge in [0.2, 0.25) is 0 Å². The van der Waals surface area contributed by atoms with Crippen molar-refractivity contribution in [3.05, 3.63) is 29.0 Å². The third kappa shape index (κ3) is 3.84. The average molecular weight is 261 g/mol. The number of benzene rings is 1. The molecule has 0 aromatic heterocycles. The highest BCUT2D eigenvalue weighted by molar-refractivity contribution is 6.30. The lowest BCUT2D eigenvalue weighted by Gasteiger charge is -2.23. The molecule has 0 saturated carbocycles. The summed E-state index contributed by atoms with van der Waals surface area (Å²) in [5, 5.41) is 0.0627. The fourth-order valence-electron chi connectivity index (χ4n) is 1.54. The Morgan fingerprint density at radius 2 is 2.12 bits per heavy atom. The minimum atomic E-state index is -0.446. The molecule has 17 heavy (non-hydrogen) atoms. The Morgan fingerprint density at radius 1 is 1.35 bits per heavy atom. The summed E-state index contributed by atoms with van der Waals surface area (Å²) in [4.78, 5) is 0. The van der Waals surface area contributed by atoms with E-state index < -0.39 is 5.82 Å². The summed E-state index contributed by atoms with van der Waals surface area (Å²) in [5.41, 5.74) is 0. The van der Waals surface area contributed by atoms with Crippen molar-refractivity contribution in [3.8, 4) is 5.75 Å². The maximum absolute atomic E-state index is 12.9. The molecule has 1 aromatic carbocycles. The molecule has 0 spiro atoms. The molecule has 1 aliphatic rings. The summed E-state index contributed by atoms with van der Waals surface area (Å²) < 4.78 is 29.1. The second-order valence-corrected chi connectivity index (χ2v) is 4.14. The molecule has 0 N–H and O–H groups in total. The maximum atomic E-state index is 12.9. The van der Waals surface area contributed by atoms with Gasteiger partial charge in [-0.05, 0) is 18.6 Å².